The van der Waals surface area contributed by atoms with Crippen molar-refractivity contribution in [2.75, 3.05) is 6.54 Å². The van der Waals surface area contributed by atoms with Gasteiger partial charge >= 0.3 is 0 Å². The summed E-state index contributed by atoms with van der Waals surface area (Å²) >= 11 is 0. The highest BCUT2D eigenvalue weighted by atomic mass is 35.5. The molecular weight excluding hydrogens is 354 g/mol. The minimum Gasteiger partial charge on any atom is -0.346 e. The Bertz CT molecular complexity index is 856. The molecule has 4 heterocycles. The summed E-state index contributed by atoms with van der Waals surface area (Å²) in [5.41, 5.74) is 3.06. The summed E-state index contributed by atoms with van der Waals surface area (Å²) in [6.45, 7) is 2.96. The third-order valence-corrected chi connectivity index (χ3v) is 3.96. The van der Waals surface area contributed by atoms with Gasteiger partial charge in [-0.15, -0.1) is 12.4 Å². The lowest BCUT2D eigenvalue weighted by Crippen LogP contribution is -2.28. The average Bonchev–Trinajstić information content (AvgIpc) is 3.10. The molecule has 0 fully saturated rings. The number of rotatable bonds is 4. The van der Waals surface area contributed by atoms with E-state index in [0.29, 0.717) is 23.6 Å². The van der Waals surface area contributed by atoms with Gasteiger partial charge in [-0.05, 0) is 18.2 Å². The maximum atomic E-state index is 12.3. The van der Waals surface area contributed by atoms with Gasteiger partial charge < -0.3 is 10.6 Å². The second kappa shape index (κ2) is 8.03. The molecule has 0 aromatic carbocycles. The van der Waals surface area contributed by atoms with Crippen LogP contribution >= 0.6 is 12.4 Å². The summed E-state index contributed by atoms with van der Waals surface area (Å²) in [5.74, 6) is 0.267. The molecule has 4 rings (SSSR count). The Kier molecular flexibility index (Phi) is 5.55. The molecule has 0 atom stereocenters. The van der Waals surface area contributed by atoms with Gasteiger partial charge in [0.05, 0.1) is 30.0 Å². The molecule has 0 saturated heterocycles. The first-order valence-corrected chi connectivity index (χ1v) is 8.07. The van der Waals surface area contributed by atoms with E-state index in [-0.39, 0.29) is 18.3 Å². The second-order valence-electron chi connectivity index (χ2n) is 5.72. The van der Waals surface area contributed by atoms with Crippen LogP contribution in [0.1, 0.15) is 21.7 Å². The number of carbonyl (C=O) groups excluding carboxylic acids is 1. The maximum absolute atomic E-state index is 12.3. The number of hydrogen-bond acceptors (Lipinski definition) is 6. The summed E-state index contributed by atoms with van der Waals surface area (Å²) in [6, 6.07) is 7.53. The number of nitrogens with one attached hydrogen (secondary N) is 2. The van der Waals surface area contributed by atoms with Gasteiger partial charge in [0.2, 0.25) is 0 Å². The summed E-state index contributed by atoms with van der Waals surface area (Å²) in [5, 5.41) is 10.6. The van der Waals surface area contributed by atoms with Crippen molar-refractivity contribution in [1.29, 1.82) is 0 Å². The second-order valence-corrected chi connectivity index (χ2v) is 5.72. The standard InChI is InChI=1S/C17H17N7O.ClH/c25-17(22-10-13-7-14-11-18-5-6-24(14)23-13)12-8-20-16(21-9-12)15-3-1-2-4-19-15;/h1-4,7-9,18H,5-6,10-11H2,(H,22,25);1H. The molecule has 3 aromatic rings. The van der Waals surface area contributed by atoms with Gasteiger partial charge in [0.25, 0.3) is 5.91 Å². The van der Waals surface area contributed by atoms with Crippen LogP contribution in [0.2, 0.25) is 0 Å². The summed E-state index contributed by atoms with van der Waals surface area (Å²) in [7, 11) is 0. The van der Waals surface area contributed by atoms with Gasteiger partial charge in [-0.25, -0.2) is 9.97 Å². The normalized spacial score (nSPS) is 12.8. The Morgan fingerprint density at radius 2 is 2.08 bits per heavy atom. The minimum absolute atomic E-state index is 0. The van der Waals surface area contributed by atoms with Crippen molar-refractivity contribution in [2.45, 2.75) is 19.6 Å². The van der Waals surface area contributed by atoms with Gasteiger partial charge in [-0.3, -0.25) is 14.5 Å². The largest absolute Gasteiger partial charge is 0.346 e. The molecule has 0 aliphatic carbocycles. The van der Waals surface area contributed by atoms with Crippen molar-refractivity contribution < 1.29 is 4.79 Å². The van der Waals surface area contributed by atoms with Gasteiger partial charge in [0.15, 0.2) is 5.82 Å². The van der Waals surface area contributed by atoms with Gasteiger partial charge in [0, 0.05) is 31.7 Å². The molecule has 1 amide bonds. The first-order valence-electron chi connectivity index (χ1n) is 8.07. The van der Waals surface area contributed by atoms with E-state index in [1.807, 2.05) is 28.9 Å². The zero-order valence-corrected chi connectivity index (χ0v) is 14.7. The van der Waals surface area contributed by atoms with E-state index < -0.39 is 0 Å². The van der Waals surface area contributed by atoms with E-state index in [1.54, 1.807) is 6.20 Å². The number of amides is 1. The summed E-state index contributed by atoms with van der Waals surface area (Å²) in [4.78, 5) is 24.9. The predicted molar refractivity (Wildman–Crippen MR) is 97.6 cm³/mol. The lowest BCUT2D eigenvalue weighted by molar-refractivity contribution is 0.0949. The Balaban J connectivity index is 0.00000196. The first kappa shape index (κ1) is 18.0. The Morgan fingerprint density at radius 1 is 1.23 bits per heavy atom. The van der Waals surface area contributed by atoms with Crippen LogP contribution in [-0.2, 0) is 19.6 Å². The predicted octanol–water partition coefficient (Wildman–Crippen LogP) is 1.19. The fraction of sp³-hybridized carbons (Fsp3) is 0.235. The van der Waals surface area contributed by atoms with Crippen LogP contribution in [0.5, 0.6) is 0 Å². The quantitative estimate of drug-likeness (QED) is 0.715. The van der Waals surface area contributed by atoms with E-state index in [4.69, 9.17) is 0 Å². The van der Waals surface area contributed by atoms with Crippen LogP contribution < -0.4 is 10.6 Å². The molecule has 1 aliphatic heterocycles. The molecule has 8 nitrogen and oxygen atoms in total. The number of hydrogen-bond donors (Lipinski definition) is 2. The lowest BCUT2D eigenvalue weighted by atomic mass is 10.3. The van der Waals surface area contributed by atoms with Crippen molar-refractivity contribution in [3.8, 4) is 11.5 Å². The number of carbonyl (C=O) groups is 1. The SMILES string of the molecule is Cl.O=C(NCc1cc2n(n1)CCNC2)c1cnc(-c2ccccn2)nc1. The van der Waals surface area contributed by atoms with Crippen molar-refractivity contribution in [1.82, 2.24) is 35.4 Å². The highest BCUT2D eigenvalue weighted by Gasteiger charge is 2.13. The molecule has 0 saturated carbocycles. The molecule has 0 spiro atoms. The molecule has 9 heteroatoms. The van der Waals surface area contributed by atoms with E-state index in [9.17, 15) is 4.79 Å². The minimum atomic E-state index is -0.225. The molecule has 1 aliphatic rings. The molecule has 134 valence electrons. The van der Waals surface area contributed by atoms with Crippen LogP contribution in [-0.4, -0.2) is 37.2 Å². The fourth-order valence-electron chi connectivity index (χ4n) is 2.68. The molecule has 26 heavy (non-hydrogen) atoms. The number of aromatic nitrogens is 5. The van der Waals surface area contributed by atoms with Crippen LogP contribution in [0.15, 0.2) is 42.9 Å². The van der Waals surface area contributed by atoms with Crippen LogP contribution in [0.3, 0.4) is 0 Å². The van der Waals surface area contributed by atoms with Crippen molar-refractivity contribution in [3.05, 3.63) is 59.8 Å². The molecule has 0 bridgehead atoms. The third kappa shape index (κ3) is 3.87. The lowest BCUT2D eigenvalue weighted by Gasteiger charge is -2.13. The van der Waals surface area contributed by atoms with Crippen molar-refractivity contribution in [3.63, 3.8) is 0 Å². The van der Waals surface area contributed by atoms with Gasteiger partial charge in [-0.2, -0.15) is 5.10 Å². The third-order valence-electron chi connectivity index (χ3n) is 3.96. The first-order chi connectivity index (χ1) is 12.3. The smallest absolute Gasteiger partial charge is 0.254 e. The van der Waals surface area contributed by atoms with E-state index >= 15 is 0 Å². The fourth-order valence-corrected chi connectivity index (χ4v) is 2.68. The molecular formula is C17H18ClN7O. The number of halogens is 1. The number of pyridine rings is 1. The van der Waals surface area contributed by atoms with E-state index in [1.165, 1.54) is 12.4 Å². The summed E-state index contributed by atoms with van der Waals surface area (Å²) < 4.78 is 1.97. The molecule has 2 N–H and O–H groups in total. The highest BCUT2D eigenvalue weighted by molar-refractivity contribution is 5.93. The number of nitrogens with zero attached hydrogens (tertiary/aromatic N) is 5. The van der Waals surface area contributed by atoms with Gasteiger partial charge in [-0.1, -0.05) is 6.07 Å². The van der Waals surface area contributed by atoms with E-state index in [2.05, 4.69) is 30.7 Å². The van der Waals surface area contributed by atoms with Crippen LogP contribution in [0.4, 0.5) is 0 Å². The van der Waals surface area contributed by atoms with Crippen molar-refractivity contribution in [2.24, 2.45) is 0 Å². The van der Waals surface area contributed by atoms with Crippen molar-refractivity contribution >= 4 is 18.3 Å². The zero-order valence-electron chi connectivity index (χ0n) is 13.9. The number of fused-ring (bicyclic) bond motifs is 1. The maximum Gasteiger partial charge on any atom is 0.254 e. The Hall–Kier alpha value is -2.84. The van der Waals surface area contributed by atoms with Gasteiger partial charge in [0.1, 0.15) is 5.69 Å². The Labute approximate surface area is 156 Å². The monoisotopic (exact) mass is 371 g/mol. The summed E-state index contributed by atoms with van der Waals surface area (Å²) in [6.07, 6.45) is 4.70. The molecule has 0 radical (unpaired) electrons. The average molecular weight is 372 g/mol. The zero-order chi connectivity index (χ0) is 17.1. The Morgan fingerprint density at radius 3 is 2.81 bits per heavy atom. The van der Waals surface area contributed by atoms with E-state index in [0.717, 1.165) is 31.0 Å². The van der Waals surface area contributed by atoms with Crippen LogP contribution in [0.25, 0.3) is 11.5 Å². The molecule has 0 unspecified atom stereocenters. The molecule has 3 aromatic heterocycles. The van der Waals surface area contributed by atoms with Crippen LogP contribution in [0, 0.1) is 0 Å². The highest BCUT2D eigenvalue weighted by Crippen LogP contribution is 2.11. The topological polar surface area (TPSA) is 97.6 Å².